The van der Waals surface area contributed by atoms with Gasteiger partial charge in [-0.2, -0.15) is 0 Å². The Hall–Kier alpha value is -0.280. The van der Waals surface area contributed by atoms with E-state index in [9.17, 15) is 4.79 Å². The molecule has 3 nitrogen and oxygen atoms in total. The summed E-state index contributed by atoms with van der Waals surface area (Å²) in [5.41, 5.74) is 0.336. The fourth-order valence-electron chi connectivity index (χ4n) is 2.29. The second-order valence-electron chi connectivity index (χ2n) is 6.56. The number of rotatable bonds is 4. The average Bonchev–Trinajstić information content (AvgIpc) is 2.19. The Balaban J connectivity index is 0.00000289. The van der Waals surface area contributed by atoms with Crippen molar-refractivity contribution < 1.29 is 4.79 Å². The first-order valence-electron chi connectivity index (χ1n) is 6.88. The minimum absolute atomic E-state index is 0. The fraction of sp³-hybridized carbons (Fsp3) is 0.929. The van der Waals surface area contributed by atoms with Crippen LogP contribution in [0.4, 0.5) is 0 Å². The standard InChI is InChI=1S/C14H28N2O.ClH/c1-11-10-15-9-7-12(11)16-13(17)6-5-8-14(2,3)4;/h11-12,15H,5-10H2,1-4H3,(H,16,17);1H. The van der Waals surface area contributed by atoms with Crippen molar-refractivity contribution in [1.29, 1.82) is 0 Å². The number of piperidine rings is 1. The molecule has 1 aliphatic rings. The van der Waals surface area contributed by atoms with Gasteiger partial charge in [0.05, 0.1) is 0 Å². The van der Waals surface area contributed by atoms with E-state index in [2.05, 4.69) is 38.3 Å². The van der Waals surface area contributed by atoms with Gasteiger partial charge in [-0.3, -0.25) is 4.79 Å². The lowest BCUT2D eigenvalue weighted by Crippen LogP contribution is -2.48. The van der Waals surface area contributed by atoms with Crippen LogP contribution >= 0.6 is 12.4 Å². The van der Waals surface area contributed by atoms with Crippen LogP contribution in [0.2, 0.25) is 0 Å². The van der Waals surface area contributed by atoms with E-state index < -0.39 is 0 Å². The number of carbonyl (C=O) groups excluding carboxylic acids is 1. The quantitative estimate of drug-likeness (QED) is 0.829. The maximum absolute atomic E-state index is 11.8. The molecule has 108 valence electrons. The van der Waals surface area contributed by atoms with Crippen LogP contribution in [0.1, 0.15) is 53.4 Å². The van der Waals surface area contributed by atoms with Crippen molar-refractivity contribution in [1.82, 2.24) is 10.6 Å². The molecular formula is C14H29ClN2O. The number of halogens is 1. The third kappa shape index (κ3) is 7.22. The van der Waals surface area contributed by atoms with Crippen LogP contribution < -0.4 is 10.6 Å². The molecule has 0 spiro atoms. The van der Waals surface area contributed by atoms with E-state index in [-0.39, 0.29) is 18.3 Å². The Labute approximate surface area is 118 Å². The minimum atomic E-state index is 0. The summed E-state index contributed by atoms with van der Waals surface area (Å²) in [6.07, 6.45) is 3.84. The maximum Gasteiger partial charge on any atom is 0.220 e. The minimum Gasteiger partial charge on any atom is -0.353 e. The second kappa shape index (κ2) is 8.00. The molecule has 1 amide bonds. The highest BCUT2D eigenvalue weighted by Gasteiger charge is 2.22. The van der Waals surface area contributed by atoms with Gasteiger partial charge in [0.15, 0.2) is 0 Å². The zero-order valence-electron chi connectivity index (χ0n) is 12.2. The van der Waals surface area contributed by atoms with Gasteiger partial charge in [0, 0.05) is 12.5 Å². The van der Waals surface area contributed by atoms with E-state index in [0.717, 1.165) is 32.4 Å². The van der Waals surface area contributed by atoms with Gasteiger partial charge in [-0.1, -0.05) is 27.7 Å². The van der Waals surface area contributed by atoms with Crippen molar-refractivity contribution in [2.24, 2.45) is 11.3 Å². The van der Waals surface area contributed by atoms with E-state index in [1.165, 1.54) is 0 Å². The van der Waals surface area contributed by atoms with Crippen LogP contribution in [0.15, 0.2) is 0 Å². The van der Waals surface area contributed by atoms with Gasteiger partial charge in [-0.25, -0.2) is 0 Å². The normalized spacial score (nSPS) is 24.2. The molecule has 4 heteroatoms. The van der Waals surface area contributed by atoms with Gasteiger partial charge in [-0.15, -0.1) is 12.4 Å². The molecule has 0 saturated carbocycles. The van der Waals surface area contributed by atoms with E-state index in [1.54, 1.807) is 0 Å². The van der Waals surface area contributed by atoms with Gasteiger partial charge in [0.2, 0.25) is 5.91 Å². The third-order valence-electron chi connectivity index (χ3n) is 3.46. The fourth-order valence-corrected chi connectivity index (χ4v) is 2.29. The van der Waals surface area contributed by atoms with E-state index in [4.69, 9.17) is 0 Å². The third-order valence-corrected chi connectivity index (χ3v) is 3.46. The molecule has 0 radical (unpaired) electrons. The van der Waals surface area contributed by atoms with Gasteiger partial charge in [-0.05, 0) is 43.7 Å². The largest absolute Gasteiger partial charge is 0.353 e. The Morgan fingerprint density at radius 2 is 2.06 bits per heavy atom. The first kappa shape index (κ1) is 17.7. The summed E-state index contributed by atoms with van der Waals surface area (Å²) in [6, 6.07) is 0.374. The number of amides is 1. The van der Waals surface area contributed by atoms with Crippen molar-refractivity contribution in [3.05, 3.63) is 0 Å². The molecule has 0 aromatic heterocycles. The topological polar surface area (TPSA) is 41.1 Å². The van der Waals surface area contributed by atoms with Crippen LogP contribution in [0, 0.1) is 11.3 Å². The molecule has 0 aromatic carbocycles. The number of nitrogens with one attached hydrogen (secondary N) is 2. The highest BCUT2D eigenvalue weighted by molar-refractivity contribution is 5.85. The lowest BCUT2D eigenvalue weighted by molar-refractivity contribution is -0.122. The highest BCUT2D eigenvalue weighted by Crippen LogP contribution is 2.21. The summed E-state index contributed by atoms with van der Waals surface area (Å²) in [4.78, 5) is 11.8. The predicted octanol–water partition coefficient (Wildman–Crippen LogP) is 2.74. The summed E-state index contributed by atoms with van der Waals surface area (Å²) in [5.74, 6) is 0.781. The zero-order valence-corrected chi connectivity index (χ0v) is 13.0. The molecule has 18 heavy (non-hydrogen) atoms. The second-order valence-corrected chi connectivity index (χ2v) is 6.56. The van der Waals surface area contributed by atoms with Crippen molar-refractivity contribution in [3.8, 4) is 0 Å². The Morgan fingerprint density at radius 1 is 1.39 bits per heavy atom. The van der Waals surface area contributed by atoms with Gasteiger partial charge in [0.25, 0.3) is 0 Å². The van der Waals surface area contributed by atoms with Crippen molar-refractivity contribution in [2.45, 2.75) is 59.4 Å². The Morgan fingerprint density at radius 3 is 2.61 bits per heavy atom. The number of hydrogen-bond donors (Lipinski definition) is 2. The maximum atomic E-state index is 11.8. The molecule has 2 N–H and O–H groups in total. The molecule has 2 atom stereocenters. The van der Waals surface area contributed by atoms with E-state index in [0.29, 0.717) is 23.8 Å². The van der Waals surface area contributed by atoms with Crippen LogP contribution in [-0.4, -0.2) is 25.0 Å². The lowest BCUT2D eigenvalue weighted by Gasteiger charge is -2.30. The molecule has 0 bridgehead atoms. The van der Waals surface area contributed by atoms with E-state index >= 15 is 0 Å². The molecule has 1 saturated heterocycles. The predicted molar refractivity (Wildman–Crippen MR) is 79.1 cm³/mol. The summed E-state index contributed by atoms with van der Waals surface area (Å²) in [6.45, 7) is 10.9. The molecule has 0 aromatic rings. The highest BCUT2D eigenvalue weighted by atomic mass is 35.5. The van der Waals surface area contributed by atoms with Crippen molar-refractivity contribution >= 4 is 18.3 Å². The van der Waals surface area contributed by atoms with Gasteiger partial charge in [0.1, 0.15) is 0 Å². The monoisotopic (exact) mass is 276 g/mol. The first-order valence-corrected chi connectivity index (χ1v) is 6.88. The molecule has 2 unspecified atom stereocenters. The molecule has 1 heterocycles. The number of hydrogen-bond acceptors (Lipinski definition) is 2. The van der Waals surface area contributed by atoms with E-state index in [1.807, 2.05) is 0 Å². The SMILES string of the molecule is CC1CNCCC1NC(=O)CCCC(C)(C)C.Cl. The van der Waals surface area contributed by atoms with Gasteiger partial charge >= 0.3 is 0 Å². The van der Waals surface area contributed by atoms with Crippen LogP contribution in [0.3, 0.4) is 0 Å². The van der Waals surface area contributed by atoms with Crippen LogP contribution in [-0.2, 0) is 4.79 Å². The summed E-state index contributed by atoms with van der Waals surface area (Å²) in [7, 11) is 0. The lowest BCUT2D eigenvalue weighted by atomic mass is 9.89. The van der Waals surface area contributed by atoms with Crippen molar-refractivity contribution in [3.63, 3.8) is 0 Å². The molecule has 0 aliphatic carbocycles. The summed E-state index contributed by atoms with van der Waals surface area (Å²) in [5, 5.41) is 6.53. The summed E-state index contributed by atoms with van der Waals surface area (Å²) < 4.78 is 0. The van der Waals surface area contributed by atoms with Crippen LogP contribution in [0.25, 0.3) is 0 Å². The molecular weight excluding hydrogens is 248 g/mol. The Kier molecular flexibility index (Phi) is 7.88. The molecule has 1 fully saturated rings. The van der Waals surface area contributed by atoms with Crippen LogP contribution in [0.5, 0.6) is 0 Å². The van der Waals surface area contributed by atoms with Gasteiger partial charge < -0.3 is 10.6 Å². The smallest absolute Gasteiger partial charge is 0.220 e. The molecule has 1 aliphatic heterocycles. The van der Waals surface area contributed by atoms with Crippen molar-refractivity contribution in [2.75, 3.05) is 13.1 Å². The Bertz CT molecular complexity index is 251. The first-order chi connectivity index (χ1) is 7.88. The summed E-state index contributed by atoms with van der Waals surface area (Å²) >= 11 is 0. The molecule has 1 rings (SSSR count). The zero-order chi connectivity index (χ0) is 12.9. The number of carbonyl (C=O) groups is 1. The average molecular weight is 277 g/mol.